The predicted molar refractivity (Wildman–Crippen MR) is 75.0 cm³/mol. The molecule has 0 radical (unpaired) electrons. The van der Waals surface area contributed by atoms with Crippen molar-refractivity contribution in [1.29, 1.82) is 0 Å². The van der Waals surface area contributed by atoms with Gasteiger partial charge in [0.15, 0.2) is 0 Å². The van der Waals surface area contributed by atoms with Crippen LogP contribution in [0.2, 0.25) is 0 Å². The van der Waals surface area contributed by atoms with Crippen LogP contribution in [0.3, 0.4) is 0 Å². The van der Waals surface area contributed by atoms with E-state index in [-0.39, 0.29) is 11.5 Å². The summed E-state index contributed by atoms with van der Waals surface area (Å²) in [7, 11) is 2.34. The van der Waals surface area contributed by atoms with Crippen LogP contribution in [0.4, 0.5) is 26.3 Å². The Morgan fingerprint density at radius 2 is 0.958 bits per heavy atom. The second-order valence-electron chi connectivity index (χ2n) is 4.82. The molecule has 24 heavy (non-hydrogen) atoms. The summed E-state index contributed by atoms with van der Waals surface area (Å²) < 4.78 is 89.0. The number of rotatable bonds is 3. The van der Waals surface area contributed by atoms with E-state index in [0.29, 0.717) is 12.1 Å². The van der Waals surface area contributed by atoms with Crippen molar-refractivity contribution in [2.24, 2.45) is 0 Å². The Morgan fingerprint density at radius 1 is 0.625 bits per heavy atom. The third-order valence-electron chi connectivity index (χ3n) is 3.35. The Morgan fingerprint density at radius 3 is 1.21 bits per heavy atom. The number of hydrogen-bond donors (Lipinski definition) is 0. The first-order chi connectivity index (χ1) is 11.1. The summed E-state index contributed by atoms with van der Waals surface area (Å²) in [4.78, 5) is 0. The van der Waals surface area contributed by atoms with Gasteiger partial charge >= 0.3 is 12.4 Å². The van der Waals surface area contributed by atoms with Crippen LogP contribution < -0.4 is 9.47 Å². The zero-order chi connectivity index (χ0) is 18.1. The molecule has 0 spiro atoms. The van der Waals surface area contributed by atoms with Crippen LogP contribution in [-0.4, -0.2) is 14.2 Å². The highest BCUT2D eigenvalue weighted by molar-refractivity contribution is 5.73. The van der Waals surface area contributed by atoms with E-state index in [1.165, 1.54) is 26.4 Å². The molecule has 0 aliphatic carbocycles. The molecule has 0 aliphatic heterocycles. The highest BCUT2D eigenvalue weighted by atomic mass is 19.4. The second-order valence-corrected chi connectivity index (χ2v) is 4.82. The van der Waals surface area contributed by atoms with Crippen LogP contribution in [0.1, 0.15) is 11.1 Å². The largest absolute Gasteiger partial charge is 0.497 e. The molecule has 2 rings (SSSR count). The van der Waals surface area contributed by atoms with Gasteiger partial charge in [0.25, 0.3) is 0 Å². The van der Waals surface area contributed by atoms with Gasteiger partial charge in [-0.15, -0.1) is 0 Å². The molecule has 0 aliphatic rings. The maximum atomic E-state index is 13.3. The van der Waals surface area contributed by atoms with E-state index in [2.05, 4.69) is 0 Å². The van der Waals surface area contributed by atoms with Crippen LogP contribution in [0, 0.1) is 0 Å². The molecule has 0 bridgehead atoms. The molecule has 0 atom stereocenters. The maximum Gasteiger partial charge on any atom is 0.417 e. The average Bonchev–Trinajstić information content (AvgIpc) is 2.52. The molecular formula is C16H12F6O2. The zero-order valence-electron chi connectivity index (χ0n) is 12.5. The lowest BCUT2D eigenvalue weighted by atomic mass is 9.94. The topological polar surface area (TPSA) is 18.5 Å². The van der Waals surface area contributed by atoms with E-state index >= 15 is 0 Å². The number of methoxy groups -OCH3 is 2. The predicted octanol–water partition coefficient (Wildman–Crippen LogP) is 5.41. The van der Waals surface area contributed by atoms with Gasteiger partial charge in [0.2, 0.25) is 0 Å². The van der Waals surface area contributed by atoms with Crippen molar-refractivity contribution in [3.05, 3.63) is 47.5 Å². The van der Waals surface area contributed by atoms with Crippen molar-refractivity contribution in [2.75, 3.05) is 14.2 Å². The van der Waals surface area contributed by atoms with Gasteiger partial charge in [-0.05, 0) is 35.4 Å². The third kappa shape index (κ3) is 3.58. The highest BCUT2D eigenvalue weighted by Gasteiger charge is 2.38. The molecule has 0 heterocycles. The van der Waals surface area contributed by atoms with Gasteiger partial charge in [-0.1, -0.05) is 12.1 Å². The van der Waals surface area contributed by atoms with Gasteiger partial charge in [0.1, 0.15) is 11.5 Å². The molecular weight excluding hydrogens is 338 g/mol. The Hall–Kier alpha value is -2.38. The number of alkyl halides is 6. The van der Waals surface area contributed by atoms with Crippen molar-refractivity contribution in [1.82, 2.24) is 0 Å². The van der Waals surface area contributed by atoms with E-state index in [9.17, 15) is 26.3 Å². The zero-order valence-corrected chi connectivity index (χ0v) is 12.5. The van der Waals surface area contributed by atoms with Gasteiger partial charge in [0.05, 0.1) is 25.3 Å². The van der Waals surface area contributed by atoms with Crippen LogP contribution in [0.15, 0.2) is 36.4 Å². The lowest BCUT2D eigenvalue weighted by Crippen LogP contribution is -2.11. The minimum Gasteiger partial charge on any atom is -0.497 e. The molecule has 0 amide bonds. The summed E-state index contributed by atoms with van der Waals surface area (Å²) in [5, 5.41) is 0. The molecule has 2 nitrogen and oxygen atoms in total. The van der Waals surface area contributed by atoms with Crippen molar-refractivity contribution >= 4 is 0 Å². The highest BCUT2D eigenvalue weighted by Crippen LogP contribution is 2.44. The van der Waals surface area contributed by atoms with Crippen molar-refractivity contribution < 1.29 is 35.8 Å². The van der Waals surface area contributed by atoms with Gasteiger partial charge < -0.3 is 9.47 Å². The van der Waals surface area contributed by atoms with Crippen molar-refractivity contribution in [3.63, 3.8) is 0 Å². The van der Waals surface area contributed by atoms with Crippen LogP contribution in [0.25, 0.3) is 11.1 Å². The fourth-order valence-corrected chi connectivity index (χ4v) is 2.24. The maximum absolute atomic E-state index is 13.3. The van der Waals surface area contributed by atoms with Crippen LogP contribution >= 0.6 is 0 Å². The molecule has 130 valence electrons. The molecule has 0 saturated heterocycles. The molecule has 8 heteroatoms. The molecule has 2 aromatic rings. The summed E-state index contributed by atoms with van der Waals surface area (Å²) in [5.74, 6) is -0.207. The van der Waals surface area contributed by atoms with Crippen molar-refractivity contribution in [2.45, 2.75) is 12.4 Å². The van der Waals surface area contributed by atoms with Gasteiger partial charge in [-0.2, -0.15) is 26.3 Å². The molecule has 0 saturated carbocycles. The Labute approximate surface area is 133 Å². The molecule has 0 unspecified atom stereocenters. The molecule has 0 N–H and O–H groups in total. The van der Waals surface area contributed by atoms with E-state index < -0.39 is 34.6 Å². The lowest BCUT2D eigenvalue weighted by Gasteiger charge is -2.19. The van der Waals surface area contributed by atoms with Gasteiger partial charge in [-0.25, -0.2) is 0 Å². The number of ether oxygens (including phenoxy) is 2. The fraction of sp³-hybridized carbons (Fsp3) is 0.250. The summed E-state index contributed by atoms with van der Waals surface area (Å²) >= 11 is 0. The number of hydrogen-bond acceptors (Lipinski definition) is 2. The van der Waals surface area contributed by atoms with E-state index in [0.717, 1.165) is 12.1 Å². The molecule has 0 aromatic heterocycles. The van der Waals surface area contributed by atoms with Crippen LogP contribution in [-0.2, 0) is 12.4 Å². The normalized spacial score (nSPS) is 12.2. The third-order valence-corrected chi connectivity index (χ3v) is 3.35. The summed E-state index contributed by atoms with van der Waals surface area (Å²) in [6.45, 7) is 0. The first-order valence-corrected chi connectivity index (χ1v) is 6.58. The van der Waals surface area contributed by atoms with E-state index in [1.807, 2.05) is 0 Å². The monoisotopic (exact) mass is 350 g/mol. The Bertz CT molecular complexity index is 671. The Kier molecular flexibility index (Phi) is 4.68. The summed E-state index contributed by atoms with van der Waals surface area (Å²) in [6.07, 6.45) is -9.68. The SMILES string of the molecule is COc1ccc(-c2ccc(OC)cc2C(F)(F)F)c(C(F)(F)F)c1. The van der Waals surface area contributed by atoms with Gasteiger partial charge in [0, 0.05) is 0 Å². The number of halogens is 6. The van der Waals surface area contributed by atoms with E-state index in [1.54, 1.807) is 0 Å². The van der Waals surface area contributed by atoms with Crippen molar-refractivity contribution in [3.8, 4) is 22.6 Å². The first kappa shape index (κ1) is 18.0. The van der Waals surface area contributed by atoms with Crippen LogP contribution in [0.5, 0.6) is 11.5 Å². The smallest absolute Gasteiger partial charge is 0.417 e. The standard InChI is InChI=1S/C16H12F6O2/c1-23-9-3-5-11(13(7-9)15(17,18)19)12-6-4-10(24-2)8-14(12)16(20,21)22/h3-8H,1-2H3. The fourth-order valence-electron chi connectivity index (χ4n) is 2.24. The second kappa shape index (κ2) is 6.26. The number of benzene rings is 2. The minimum atomic E-state index is -4.84. The molecule has 2 aromatic carbocycles. The van der Waals surface area contributed by atoms with E-state index in [4.69, 9.17) is 9.47 Å². The first-order valence-electron chi connectivity index (χ1n) is 6.58. The average molecular weight is 350 g/mol. The quantitative estimate of drug-likeness (QED) is 0.689. The summed E-state index contributed by atoms with van der Waals surface area (Å²) in [5.41, 5.74) is -3.59. The van der Waals surface area contributed by atoms with Gasteiger partial charge in [-0.3, -0.25) is 0 Å². The Balaban J connectivity index is 2.77. The minimum absolute atomic E-state index is 0.104. The molecule has 0 fully saturated rings. The lowest BCUT2D eigenvalue weighted by molar-refractivity contribution is -0.139. The summed E-state index contributed by atoms with van der Waals surface area (Å²) in [6, 6.07) is 5.60.